The first-order valence-corrected chi connectivity index (χ1v) is 22.3. The molecule has 20 nitrogen and oxygen atoms in total. The van der Waals surface area contributed by atoms with Gasteiger partial charge in [0.15, 0.2) is 11.9 Å². The highest BCUT2D eigenvalue weighted by atomic mass is 16.4. The lowest BCUT2D eigenvalue weighted by Crippen LogP contribution is -2.72. The third-order valence-electron chi connectivity index (χ3n) is 13.6. The summed E-state index contributed by atoms with van der Waals surface area (Å²) in [5, 5.41) is 32.1. The van der Waals surface area contributed by atoms with E-state index >= 15 is 0 Å². The number of aliphatic imine (C=N–C) groups is 2. The van der Waals surface area contributed by atoms with Gasteiger partial charge in [0.2, 0.25) is 29.5 Å². The number of aromatic hydroxyl groups is 1. The lowest BCUT2D eigenvalue weighted by Gasteiger charge is -2.59. The number of nitrogens with one attached hydrogen (secondary N) is 4. The predicted molar refractivity (Wildman–Crippen MR) is 235 cm³/mol. The van der Waals surface area contributed by atoms with Crippen molar-refractivity contribution in [1.29, 1.82) is 0 Å². The normalized spacial score (nSPS) is 25.7. The van der Waals surface area contributed by atoms with Gasteiger partial charge in [-0.3, -0.25) is 34.0 Å². The van der Waals surface area contributed by atoms with E-state index in [9.17, 15) is 39.0 Å². The van der Waals surface area contributed by atoms with E-state index in [0.29, 0.717) is 43.1 Å². The summed E-state index contributed by atoms with van der Waals surface area (Å²) in [6.07, 6.45) is 6.31. The van der Waals surface area contributed by atoms with Gasteiger partial charge in [0.25, 0.3) is 0 Å². The summed E-state index contributed by atoms with van der Waals surface area (Å²) in [4.78, 5) is 92.9. The number of benzene rings is 1. The van der Waals surface area contributed by atoms with Crippen LogP contribution >= 0.6 is 0 Å². The Morgan fingerprint density at radius 2 is 1.40 bits per heavy atom. The number of phenols is 1. The topological polar surface area (TPSA) is 349 Å². The zero-order chi connectivity index (χ0) is 46.0. The van der Waals surface area contributed by atoms with Crippen molar-refractivity contribution in [1.82, 2.24) is 26.2 Å². The number of phenolic OH excluding ortho intramolecular Hbond substituents is 1. The molecule has 5 aliphatic rings. The van der Waals surface area contributed by atoms with E-state index in [1.54, 1.807) is 19.1 Å². The van der Waals surface area contributed by atoms with Gasteiger partial charge in [0.1, 0.15) is 35.5 Å². The molecule has 6 rings (SSSR count). The number of aliphatic carboxylic acids is 1. The predicted octanol–water partition coefficient (Wildman–Crippen LogP) is -0.744. The molecule has 0 radical (unpaired) electrons. The van der Waals surface area contributed by atoms with Gasteiger partial charge in [0.05, 0.1) is 6.04 Å². The number of hydrogen-bond donors (Lipinski definition) is 11. The van der Waals surface area contributed by atoms with E-state index in [2.05, 4.69) is 31.3 Å². The van der Waals surface area contributed by atoms with Crippen LogP contribution in [0.25, 0.3) is 0 Å². The summed E-state index contributed by atoms with van der Waals surface area (Å²) < 4.78 is 0. The van der Waals surface area contributed by atoms with Gasteiger partial charge in [0, 0.05) is 26.1 Å². The highest BCUT2D eigenvalue weighted by Crippen LogP contribution is 2.58. The minimum atomic E-state index is -1.43. The fraction of sp³-hybridized carbons (Fsp3) is 0.674. The number of carboxylic acids is 1. The van der Waals surface area contributed by atoms with Gasteiger partial charge in [-0.2, -0.15) is 0 Å². The van der Waals surface area contributed by atoms with Gasteiger partial charge >= 0.3 is 5.97 Å². The van der Waals surface area contributed by atoms with Crippen LogP contribution in [0.2, 0.25) is 0 Å². The SMILES string of the molecule is CC[C@H](C)[C@H](NC(=O)[C@H](Cc1ccc(O)cc1)NC(=O)[C@@H]1CCCN1C(=O)[C@H](CCCN=C(N)N)NC(=O)[C@@H](N)CCCN=C(N)N)C(=O)NC1(C(=O)O)C2CC3CC(C2)CC1C3. The van der Waals surface area contributed by atoms with Crippen LogP contribution in [0.3, 0.4) is 0 Å². The second kappa shape index (κ2) is 21.6. The Kier molecular flexibility index (Phi) is 16.6. The summed E-state index contributed by atoms with van der Waals surface area (Å²) in [6.45, 7) is 4.31. The number of rotatable bonds is 22. The van der Waals surface area contributed by atoms with Crippen molar-refractivity contribution in [3.8, 4) is 5.75 Å². The van der Waals surface area contributed by atoms with E-state index < -0.39 is 77.2 Å². The molecule has 1 aromatic carbocycles. The average Bonchev–Trinajstić information content (AvgIpc) is 3.73. The van der Waals surface area contributed by atoms with Crippen LogP contribution in [-0.4, -0.2) is 118 Å². The van der Waals surface area contributed by atoms with Crippen molar-refractivity contribution in [2.45, 2.75) is 133 Å². The lowest BCUT2D eigenvalue weighted by molar-refractivity contribution is -0.168. The highest BCUT2D eigenvalue weighted by molar-refractivity contribution is 5.97. The number of likely N-dealkylation sites (tertiary alicyclic amines) is 1. The van der Waals surface area contributed by atoms with Crippen LogP contribution in [0.5, 0.6) is 5.75 Å². The molecule has 0 aromatic heterocycles. The van der Waals surface area contributed by atoms with Crippen LogP contribution in [0.1, 0.15) is 96.5 Å². The molecular formula is C43H68N12O8. The summed E-state index contributed by atoms with van der Waals surface area (Å²) in [7, 11) is 0. The summed E-state index contributed by atoms with van der Waals surface area (Å²) in [6, 6.07) is 0.665. The summed E-state index contributed by atoms with van der Waals surface area (Å²) in [5.74, 6) is -4.16. The fourth-order valence-electron chi connectivity index (χ4n) is 10.3. The molecule has 4 bridgehead atoms. The van der Waals surface area contributed by atoms with Crippen molar-refractivity contribution in [2.24, 2.45) is 68.2 Å². The van der Waals surface area contributed by atoms with Crippen LogP contribution in [0.4, 0.5) is 0 Å². The molecule has 1 aromatic rings. The second-order valence-corrected chi connectivity index (χ2v) is 18.0. The second-order valence-electron chi connectivity index (χ2n) is 18.0. The van der Waals surface area contributed by atoms with Crippen molar-refractivity contribution < 1.29 is 39.0 Å². The minimum absolute atomic E-state index is 0.00129. The van der Waals surface area contributed by atoms with E-state index in [1.807, 2.05) is 6.92 Å². The molecular weight excluding hydrogens is 813 g/mol. The molecule has 0 unspecified atom stereocenters. The molecule has 1 aliphatic heterocycles. The Labute approximate surface area is 368 Å². The van der Waals surface area contributed by atoms with Crippen LogP contribution < -0.4 is 49.9 Å². The maximum Gasteiger partial charge on any atom is 0.330 e. The molecule has 1 heterocycles. The number of carboxylic acid groups (broad SMARTS) is 1. The number of carbonyl (C=O) groups is 6. The largest absolute Gasteiger partial charge is 0.508 e. The first kappa shape index (κ1) is 48.4. The third kappa shape index (κ3) is 12.1. The van der Waals surface area contributed by atoms with Crippen molar-refractivity contribution in [3.05, 3.63) is 29.8 Å². The Morgan fingerprint density at radius 3 is 1.95 bits per heavy atom. The van der Waals surface area contributed by atoms with Gasteiger partial charge < -0.3 is 65.0 Å². The molecule has 5 amide bonds. The quantitative estimate of drug-likeness (QED) is 0.0389. The standard InChI is InChI=1S/C43H68N12O8/c1-3-23(2)34(38(60)54-43(40(62)63)27-18-25-17-26(20-27)21-28(43)19-25)53-36(58)32(22-24-10-12-29(56)13-11-24)52-37(59)33-9-6-16-55(33)39(61)31(8-5-15-50-42(47)48)51-35(57)30(44)7-4-14-49-41(45)46/h10-13,23,25-28,30-34,56H,3-9,14-22,44H2,1-2H3,(H,51,57)(H,52,59)(H,53,58)(H,54,60)(H,62,63)(H4,45,46,49)(H4,47,48,50)/t23-,25?,26?,27?,28?,30-,31-,32-,33-,34-,43?/m0/s1. The molecule has 20 heteroatoms. The van der Waals surface area contributed by atoms with Gasteiger partial charge in [-0.1, -0.05) is 32.4 Å². The van der Waals surface area contributed by atoms with Crippen molar-refractivity contribution >= 4 is 47.4 Å². The summed E-state index contributed by atoms with van der Waals surface area (Å²) >= 11 is 0. The minimum Gasteiger partial charge on any atom is -0.508 e. The molecule has 1 saturated heterocycles. The summed E-state index contributed by atoms with van der Waals surface area (Å²) in [5.41, 5.74) is 27.1. The van der Waals surface area contributed by atoms with Gasteiger partial charge in [-0.25, -0.2) is 4.79 Å². The average molecular weight is 881 g/mol. The Hall–Kier alpha value is -5.66. The van der Waals surface area contributed by atoms with E-state index in [4.69, 9.17) is 28.7 Å². The Balaban J connectivity index is 1.33. The number of amides is 5. The monoisotopic (exact) mass is 881 g/mol. The highest BCUT2D eigenvalue weighted by Gasteiger charge is 2.62. The molecule has 0 spiro atoms. The van der Waals surface area contributed by atoms with Gasteiger partial charge in [-0.15, -0.1) is 0 Å². The van der Waals surface area contributed by atoms with Crippen LogP contribution in [0.15, 0.2) is 34.3 Å². The molecule has 6 atom stereocenters. The molecule has 348 valence electrons. The maximum atomic E-state index is 14.4. The molecule has 16 N–H and O–H groups in total. The van der Waals surface area contributed by atoms with Gasteiger partial charge in [-0.05, 0) is 118 Å². The van der Waals surface area contributed by atoms with Crippen molar-refractivity contribution in [2.75, 3.05) is 19.6 Å². The number of carbonyl (C=O) groups excluding carboxylic acids is 5. The molecule has 4 saturated carbocycles. The smallest absolute Gasteiger partial charge is 0.330 e. The molecule has 63 heavy (non-hydrogen) atoms. The number of guanidine groups is 2. The van der Waals surface area contributed by atoms with Crippen LogP contribution in [-0.2, 0) is 35.2 Å². The zero-order valence-electron chi connectivity index (χ0n) is 36.5. The number of hydrogen-bond acceptors (Lipinski definition) is 10. The van der Waals surface area contributed by atoms with E-state index in [1.165, 1.54) is 17.0 Å². The van der Waals surface area contributed by atoms with Crippen LogP contribution in [0, 0.1) is 29.6 Å². The zero-order valence-corrected chi connectivity index (χ0v) is 36.5. The molecule has 5 fully saturated rings. The number of nitrogens with two attached hydrogens (primary N) is 5. The van der Waals surface area contributed by atoms with E-state index in [0.717, 1.165) is 32.1 Å². The maximum absolute atomic E-state index is 14.4. The van der Waals surface area contributed by atoms with Crippen molar-refractivity contribution in [3.63, 3.8) is 0 Å². The molecule has 4 aliphatic carbocycles. The lowest BCUT2D eigenvalue weighted by atomic mass is 9.48. The third-order valence-corrected chi connectivity index (χ3v) is 13.6. The Bertz CT molecular complexity index is 1840. The fourth-order valence-corrected chi connectivity index (χ4v) is 10.3. The first-order valence-electron chi connectivity index (χ1n) is 22.3. The number of nitrogens with zero attached hydrogens (tertiary/aromatic N) is 3. The first-order chi connectivity index (χ1) is 29.9. The van der Waals surface area contributed by atoms with E-state index in [-0.39, 0.29) is 74.8 Å². The Morgan fingerprint density at radius 1 is 0.810 bits per heavy atom.